The van der Waals surface area contributed by atoms with Gasteiger partial charge in [-0.3, -0.25) is 9.59 Å². The van der Waals surface area contributed by atoms with Crippen molar-refractivity contribution in [2.75, 3.05) is 13.1 Å². The molecule has 0 fully saturated rings. The van der Waals surface area contributed by atoms with Gasteiger partial charge >= 0.3 is 0 Å². The summed E-state index contributed by atoms with van der Waals surface area (Å²) in [6.07, 6.45) is 0.824. The third kappa shape index (κ3) is 5.98. The first kappa shape index (κ1) is 19.1. The molecule has 2 rings (SSSR count). The predicted octanol–water partition coefficient (Wildman–Crippen LogP) is 3.38. The Morgan fingerprint density at radius 1 is 1.08 bits per heavy atom. The van der Waals surface area contributed by atoms with Gasteiger partial charge in [-0.1, -0.05) is 24.3 Å². The quantitative estimate of drug-likeness (QED) is 0.740. The van der Waals surface area contributed by atoms with Crippen molar-refractivity contribution in [3.8, 4) is 0 Å². The van der Waals surface area contributed by atoms with Crippen molar-refractivity contribution >= 4 is 27.7 Å². The van der Waals surface area contributed by atoms with E-state index in [0.29, 0.717) is 23.0 Å². The molecule has 2 N–H and O–H groups in total. The molecule has 0 aliphatic carbocycles. The molecule has 0 heterocycles. The molecule has 0 atom stereocenters. The first-order valence-corrected chi connectivity index (χ1v) is 8.81. The molecule has 0 bridgehead atoms. The number of amides is 2. The standard InChI is InChI=1S/C19H20BrFN2O2/c1-13-4-2-3-5-15(13)19(25)23-11-9-18(24)22-10-8-14-6-7-17(21)16(20)12-14/h2-7,12H,8-11H2,1H3,(H,22,24)(H,23,25). The van der Waals surface area contributed by atoms with Gasteiger partial charge in [-0.05, 0) is 58.6 Å². The zero-order valence-electron chi connectivity index (χ0n) is 13.9. The highest BCUT2D eigenvalue weighted by Gasteiger charge is 2.08. The highest BCUT2D eigenvalue weighted by molar-refractivity contribution is 9.10. The van der Waals surface area contributed by atoms with E-state index >= 15 is 0 Å². The van der Waals surface area contributed by atoms with Crippen LogP contribution in [0, 0.1) is 12.7 Å². The lowest BCUT2D eigenvalue weighted by molar-refractivity contribution is -0.120. The third-order valence-electron chi connectivity index (χ3n) is 3.75. The maximum Gasteiger partial charge on any atom is 0.251 e. The van der Waals surface area contributed by atoms with Crippen molar-refractivity contribution in [3.05, 3.63) is 69.4 Å². The highest BCUT2D eigenvalue weighted by atomic mass is 79.9. The van der Waals surface area contributed by atoms with Crippen molar-refractivity contribution in [1.29, 1.82) is 0 Å². The van der Waals surface area contributed by atoms with E-state index in [1.807, 2.05) is 25.1 Å². The normalized spacial score (nSPS) is 10.4. The van der Waals surface area contributed by atoms with Crippen LogP contribution in [0.4, 0.5) is 4.39 Å². The number of hydrogen-bond acceptors (Lipinski definition) is 2. The summed E-state index contributed by atoms with van der Waals surface area (Å²) in [6, 6.07) is 12.1. The van der Waals surface area contributed by atoms with E-state index < -0.39 is 0 Å². The summed E-state index contributed by atoms with van der Waals surface area (Å²) in [5.74, 6) is -0.620. The minimum Gasteiger partial charge on any atom is -0.356 e. The minimum atomic E-state index is -0.308. The molecule has 2 aromatic carbocycles. The number of carbonyl (C=O) groups excluding carboxylic acids is 2. The fourth-order valence-corrected chi connectivity index (χ4v) is 2.77. The average Bonchev–Trinajstić information content (AvgIpc) is 2.58. The molecule has 2 aromatic rings. The van der Waals surface area contributed by atoms with Crippen LogP contribution >= 0.6 is 15.9 Å². The van der Waals surface area contributed by atoms with E-state index in [9.17, 15) is 14.0 Å². The van der Waals surface area contributed by atoms with Crippen LogP contribution in [0.15, 0.2) is 46.9 Å². The van der Waals surface area contributed by atoms with Crippen LogP contribution in [0.5, 0.6) is 0 Å². The predicted molar refractivity (Wildman–Crippen MR) is 98.9 cm³/mol. The van der Waals surface area contributed by atoms with Crippen molar-refractivity contribution in [1.82, 2.24) is 10.6 Å². The van der Waals surface area contributed by atoms with E-state index in [2.05, 4.69) is 26.6 Å². The third-order valence-corrected chi connectivity index (χ3v) is 4.35. The first-order valence-electron chi connectivity index (χ1n) is 8.02. The van der Waals surface area contributed by atoms with Crippen LogP contribution in [0.3, 0.4) is 0 Å². The molecule has 0 saturated carbocycles. The number of nitrogens with one attached hydrogen (secondary N) is 2. The van der Waals surface area contributed by atoms with E-state index in [4.69, 9.17) is 0 Å². The molecule has 25 heavy (non-hydrogen) atoms. The number of halogens is 2. The van der Waals surface area contributed by atoms with Gasteiger partial charge in [0.05, 0.1) is 4.47 Å². The Balaban J connectivity index is 1.68. The minimum absolute atomic E-state index is 0.133. The van der Waals surface area contributed by atoms with Crippen LogP contribution in [0.1, 0.15) is 27.9 Å². The van der Waals surface area contributed by atoms with Gasteiger partial charge in [0.2, 0.25) is 5.91 Å². The van der Waals surface area contributed by atoms with Gasteiger partial charge < -0.3 is 10.6 Å². The second-order valence-corrected chi connectivity index (χ2v) is 6.52. The second kappa shape index (κ2) is 9.32. The molecule has 0 radical (unpaired) electrons. The first-order chi connectivity index (χ1) is 12.0. The van der Waals surface area contributed by atoms with Gasteiger partial charge in [0, 0.05) is 25.1 Å². The van der Waals surface area contributed by atoms with Crippen LogP contribution in [0.2, 0.25) is 0 Å². The largest absolute Gasteiger partial charge is 0.356 e. The summed E-state index contributed by atoms with van der Waals surface area (Å²) in [5.41, 5.74) is 2.45. The molecule has 0 aliphatic heterocycles. The zero-order valence-corrected chi connectivity index (χ0v) is 15.5. The number of carbonyl (C=O) groups is 2. The molecule has 6 heteroatoms. The van der Waals surface area contributed by atoms with Crippen molar-refractivity contribution in [2.45, 2.75) is 19.8 Å². The second-order valence-electron chi connectivity index (χ2n) is 5.67. The molecule has 0 unspecified atom stereocenters. The molecule has 4 nitrogen and oxygen atoms in total. The number of aryl methyl sites for hydroxylation is 1. The summed E-state index contributed by atoms with van der Waals surface area (Å²) >= 11 is 3.14. The van der Waals surface area contributed by atoms with Gasteiger partial charge in [0.15, 0.2) is 0 Å². The molecule has 0 aliphatic rings. The van der Waals surface area contributed by atoms with Crippen molar-refractivity contribution in [3.63, 3.8) is 0 Å². The fourth-order valence-electron chi connectivity index (χ4n) is 2.34. The van der Waals surface area contributed by atoms with Crippen LogP contribution < -0.4 is 10.6 Å². The van der Waals surface area contributed by atoms with Crippen molar-refractivity contribution < 1.29 is 14.0 Å². The lowest BCUT2D eigenvalue weighted by Crippen LogP contribution is -2.31. The van der Waals surface area contributed by atoms with Gasteiger partial charge in [-0.2, -0.15) is 0 Å². The molecular formula is C19H20BrFN2O2. The smallest absolute Gasteiger partial charge is 0.251 e. The molecule has 0 saturated heterocycles. The van der Waals surface area contributed by atoms with E-state index in [1.54, 1.807) is 18.2 Å². The molecule has 132 valence electrons. The summed E-state index contributed by atoms with van der Waals surface area (Å²) < 4.78 is 13.6. The molecule has 0 aromatic heterocycles. The SMILES string of the molecule is Cc1ccccc1C(=O)NCCC(=O)NCCc1ccc(F)c(Br)c1. The van der Waals surface area contributed by atoms with Gasteiger partial charge in [-0.25, -0.2) is 4.39 Å². The Morgan fingerprint density at radius 2 is 1.84 bits per heavy atom. The van der Waals surface area contributed by atoms with Crippen LogP contribution in [0.25, 0.3) is 0 Å². The lowest BCUT2D eigenvalue weighted by atomic mass is 10.1. The van der Waals surface area contributed by atoms with E-state index in [1.165, 1.54) is 6.07 Å². The summed E-state index contributed by atoms with van der Waals surface area (Å²) in [4.78, 5) is 23.8. The van der Waals surface area contributed by atoms with E-state index in [0.717, 1.165) is 11.1 Å². The highest BCUT2D eigenvalue weighted by Crippen LogP contribution is 2.16. The topological polar surface area (TPSA) is 58.2 Å². The summed E-state index contributed by atoms with van der Waals surface area (Å²) in [6.45, 7) is 2.61. The number of benzene rings is 2. The maximum absolute atomic E-state index is 13.2. The fraction of sp³-hybridized carbons (Fsp3) is 0.263. The summed E-state index contributed by atoms with van der Waals surface area (Å²) in [5, 5.41) is 5.54. The van der Waals surface area contributed by atoms with Gasteiger partial charge in [-0.15, -0.1) is 0 Å². The lowest BCUT2D eigenvalue weighted by Gasteiger charge is -2.08. The van der Waals surface area contributed by atoms with Gasteiger partial charge in [0.25, 0.3) is 5.91 Å². The number of hydrogen-bond donors (Lipinski definition) is 2. The molecule has 2 amide bonds. The van der Waals surface area contributed by atoms with E-state index in [-0.39, 0.29) is 30.6 Å². The van der Waals surface area contributed by atoms with Crippen LogP contribution in [-0.4, -0.2) is 24.9 Å². The summed E-state index contributed by atoms with van der Waals surface area (Å²) in [7, 11) is 0. The zero-order chi connectivity index (χ0) is 18.2. The molecular weight excluding hydrogens is 387 g/mol. The molecule has 0 spiro atoms. The Bertz CT molecular complexity index is 765. The van der Waals surface area contributed by atoms with Gasteiger partial charge in [0.1, 0.15) is 5.82 Å². The Morgan fingerprint density at radius 3 is 2.56 bits per heavy atom. The Labute approximate surface area is 154 Å². The maximum atomic E-state index is 13.2. The monoisotopic (exact) mass is 406 g/mol. The number of rotatable bonds is 7. The Kier molecular flexibility index (Phi) is 7.13. The van der Waals surface area contributed by atoms with Crippen molar-refractivity contribution in [2.24, 2.45) is 0 Å². The Hall–Kier alpha value is -2.21. The van der Waals surface area contributed by atoms with Crippen LogP contribution in [-0.2, 0) is 11.2 Å². The average molecular weight is 407 g/mol.